The van der Waals surface area contributed by atoms with Crippen molar-refractivity contribution < 1.29 is 13.9 Å². The number of oxazole rings is 1. The molecule has 0 saturated carbocycles. The summed E-state index contributed by atoms with van der Waals surface area (Å²) in [5.74, 6) is 2.42. The Morgan fingerprint density at radius 2 is 2.00 bits per heavy atom. The van der Waals surface area contributed by atoms with Crippen LogP contribution >= 0.6 is 0 Å². The van der Waals surface area contributed by atoms with Gasteiger partial charge in [0.1, 0.15) is 5.82 Å². The molecule has 0 N–H and O–H groups in total. The molecule has 0 radical (unpaired) electrons. The molecule has 2 fully saturated rings. The van der Waals surface area contributed by atoms with E-state index in [4.69, 9.17) is 9.15 Å². The van der Waals surface area contributed by atoms with Crippen LogP contribution in [-0.4, -0.2) is 51.6 Å². The monoisotopic (exact) mass is 344 g/mol. The summed E-state index contributed by atoms with van der Waals surface area (Å²) in [4.78, 5) is 22.9. The number of amides is 1. The number of aromatic nitrogens is 3. The van der Waals surface area contributed by atoms with Crippen molar-refractivity contribution in [3.63, 3.8) is 0 Å². The van der Waals surface area contributed by atoms with Crippen molar-refractivity contribution in [1.29, 1.82) is 0 Å². The topological polar surface area (TPSA) is 73.4 Å². The van der Waals surface area contributed by atoms with Crippen LogP contribution in [0.5, 0.6) is 0 Å². The SMILES string of the molecule is Cc1ncoc1C(=O)N1CC(Cn2c(C)cnc2C2CCOCC2)C1. The van der Waals surface area contributed by atoms with Crippen LogP contribution < -0.4 is 0 Å². The first-order chi connectivity index (χ1) is 12.1. The van der Waals surface area contributed by atoms with E-state index in [0.29, 0.717) is 23.3 Å². The molecular formula is C18H24N4O3. The Bertz CT molecular complexity index is 754. The second-order valence-corrected chi connectivity index (χ2v) is 7.10. The van der Waals surface area contributed by atoms with Crippen LogP contribution in [0.2, 0.25) is 0 Å². The van der Waals surface area contributed by atoms with E-state index in [1.165, 1.54) is 17.9 Å². The minimum atomic E-state index is -0.0572. The van der Waals surface area contributed by atoms with Crippen molar-refractivity contribution in [2.75, 3.05) is 26.3 Å². The van der Waals surface area contributed by atoms with Gasteiger partial charge in [0, 0.05) is 56.6 Å². The van der Waals surface area contributed by atoms with E-state index in [1.54, 1.807) is 6.92 Å². The fourth-order valence-corrected chi connectivity index (χ4v) is 3.76. The van der Waals surface area contributed by atoms with Crippen molar-refractivity contribution in [3.05, 3.63) is 35.6 Å². The summed E-state index contributed by atoms with van der Waals surface area (Å²) >= 11 is 0. The number of likely N-dealkylation sites (tertiary alicyclic amines) is 1. The second kappa shape index (κ2) is 6.63. The molecule has 7 heteroatoms. The highest BCUT2D eigenvalue weighted by Crippen LogP contribution is 2.29. The van der Waals surface area contributed by atoms with Crippen LogP contribution in [0.1, 0.15) is 46.5 Å². The predicted octanol–water partition coefficient (Wildman–Crippen LogP) is 2.15. The second-order valence-electron chi connectivity index (χ2n) is 7.10. The van der Waals surface area contributed by atoms with Gasteiger partial charge in [-0.1, -0.05) is 0 Å². The third-order valence-electron chi connectivity index (χ3n) is 5.30. The largest absolute Gasteiger partial charge is 0.438 e. The lowest BCUT2D eigenvalue weighted by Gasteiger charge is -2.39. The Balaban J connectivity index is 1.39. The minimum absolute atomic E-state index is 0.0572. The molecule has 2 saturated heterocycles. The minimum Gasteiger partial charge on any atom is -0.438 e. The molecule has 2 aliphatic heterocycles. The first kappa shape index (κ1) is 16.3. The van der Waals surface area contributed by atoms with Crippen molar-refractivity contribution in [1.82, 2.24) is 19.4 Å². The lowest BCUT2D eigenvalue weighted by Crippen LogP contribution is -2.51. The molecule has 2 aromatic rings. The molecule has 1 amide bonds. The number of nitrogens with zero attached hydrogens (tertiary/aromatic N) is 4. The molecule has 4 rings (SSSR count). The van der Waals surface area contributed by atoms with Crippen molar-refractivity contribution in [3.8, 4) is 0 Å². The number of hydrogen-bond acceptors (Lipinski definition) is 5. The van der Waals surface area contributed by atoms with Gasteiger partial charge >= 0.3 is 0 Å². The van der Waals surface area contributed by atoms with Crippen LogP contribution in [0.15, 0.2) is 17.0 Å². The van der Waals surface area contributed by atoms with E-state index in [0.717, 1.165) is 45.7 Å². The van der Waals surface area contributed by atoms with Crippen LogP contribution in [-0.2, 0) is 11.3 Å². The molecule has 25 heavy (non-hydrogen) atoms. The van der Waals surface area contributed by atoms with Crippen LogP contribution in [0.25, 0.3) is 0 Å². The molecule has 2 aliphatic rings. The Morgan fingerprint density at radius 3 is 2.68 bits per heavy atom. The third kappa shape index (κ3) is 3.08. The van der Waals surface area contributed by atoms with Gasteiger partial charge in [0.15, 0.2) is 6.39 Å². The zero-order valence-corrected chi connectivity index (χ0v) is 14.8. The zero-order valence-electron chi connectivity index (χ0n) is 14.8. The zero-order chi connectivity index (χ0) is 17.4. The summed E-state index contributed by atoms with van der Waals surface area (Å²) in [6.07, 6.45) is 5.37. The van der Waals surface area contributed by atoms with Gasteiger partial charge in [-0.15, -0.1) is 0 Å². The van der Waals surface area contributed by atoms with Crippen LogP contribution in [0, 0.1) is 19.8 Å². The summed E-state index contributed by atoms with van der Waals surface area (Å²) in [6.45, 7) is 7.96. The Labute approximate surface area is 147 Å². The molecule has 0 aliphatic carbocycles. The number of rotatable bonds is 4. The van der Waals surface area contributed by atoms with E-state index >= 15 is 0 Å². The standard InChI is InChI=1S/C18H24N4O3/c1-12-7-19-17(15-3-5-24-6-4-15)22(12)10-14-8-21(9-14)18(23)16-13(2)20-11-25-16/h7,11,14-15H,3-6,8-10H2,1-2H3. The first-order valence-electron chi connectivity index (χ1n) is 8.92. The van der Waals surface area contributed by atoms with Crippen molar-refractivity contribution in [2.24, 2.45) is 5.92 Å². The normalized spacial score (nSPS) is 19.2. The molecule has 0 aromatic carbocycles. The predicted molar refractivity (Wildman–Crippen MR) is 90.4 cm³/mol. The number of hydrogen-bond donors (Lipinski definition) is 0. The highest BCUT2D eigenvalue weighted by atomic mass is 16.5. The molecule has 0 unspecified atom stereocenters. The summed E-state index contributed by atoms with van der Waals surface area (Å²) in [6, 6.07) is 0. The first-order valence-corrected chi connectivity index (χ1v) is 8.92. The van der Waals surface area contributed by atoms with Gasteiger partial charge < -0.3 is 18.6 Å². The Hall–Kier alpha value is -2.15. The molecule has 134 valence electrons. The fourth-order valence-electron chi connectivity index (χ4n) is 3.76. The number of imidazole rings is 1. The number of carbonyl (C=O) groups is 1. The summed E-state index contributed by atoms with van der Waals surface area (Å²) < 4.78 is 13.0. The average molecular weight is 344 g/mol. The molecular weight excluding hydrogens is 320 g/mol. The van der Waals surface area contributed by atoms with Crippen LogP contribution in [0.3, 0.4) is 0 Å². The van der Waals surface area contributed by atoms with E-state index in [-0.39, 0.29) is 5.91 Å². The lowest BCUT2D eigenvalue weighted by atomic mass is 9.97. The van der Waals surface area contributed by atoms with Gasteiger partial charge in [0.05, 0.1) is 5.69 Å². The summed E-state index contributed by atoms with van der Waals surface area (Å²) in [5.41, 5.74) is 1.85. The third-order valence-corrected chi connectivity index (χ3v) is 5.30. The highest BCUT2D eigenvalue weighted by molar-refractivity contribution is 5.92. The van der Waals surface area contributed by atoms with Gasteiger partial charge in [-0.2, -0.15) is 0 Å². The number of carbonyl (C=O) groups excluding carboxylic acids is 1. The highest BCUT2D eigenvalue weighted by Gasteiger charge is 2.34. The van der Waals surface area contributed by atoms with Gasteiger partial charge in [0.25, 0.3) is 5.91 Å². The van der Waals surface area contributed by atoms with Crippen LogP contribution in [0.4, 0.5) is 0 Å². The van der Waals surface area contributed by atoms with E-state index in [1.807, 2.05) is 11.1 Å². The Morgan fingerprint density at radius 1 is 1.24 bits per heavy atom. The maximum atomic E-state index is 12.4. The van der Waals surface area contributed by atoms with Gasteiger partial charge in [-0.25, -0.2) is 9.97 Å². The quantitative estimate of drug-likeness (QED) is 0.850. The van der Waals surface area contributed by atoms with Gasteiger partial charge in [-0.05, 0) is 26.7 Å². The smallest absolute Gasteiger partial charge is 0.291 e. The molecule has 0 spiro atoms. The van der Waals surface area contributed by atoms with Gasteiger partial charge in [0.2, 0.25) is 5.76 Å². The molecule has 0 atom stereocenters. The van der Waals surface area contributed by atoms with E-state index in [9.17, 15) is 4.79 Å². The summed E-state index contributed by atoms with van der Waals surface area (Å²) in [5, 5.41) is 0. The van der Waals surface area contributed by atoms with E-state index in [2.05, 4.69) is 21.5 Å². The summed E-state index contributed by atoms with van der Waals surface area (Å²) in [7, 11) is 0. The lowest BCUT2D eigenvalue weighted by molar-refractivity contribution is 0.0429. The molecule has 2 aromatic heterocycles. The molecule has 0 bridgehead atoms. The maximum Gasteiger partial charge on any atom is 0.291 e. The van der Waals surface area contributed by atoms with E-state index < -0.39 is 0 Å². The van der Waals surface area contributed by atoms with Gasteiger partial charge in [-0.3, -0.25) is 4.79 Å². The number of ether oxygens (including phenoxy) is 1. The van der Waals surface area contributed by atoms with Crippen molar-refractivity contribution in [2.45, 2.75) is 39.2 Å². The average Bonchev–Trinajstić information content (AvgIpc) is 3.17. The number of aryl methyl sites for hydroxylation is 2. The maximum absolute atomic E-state index is 12.4. The molecule has 4 heterocycles. The molecule has 7 nitrogen and oxygen atoms in total. The Kier molecular flexibility index (Phi) is 4.33. The van der Waals surface area contributed by atoms with Crippen molar-refractivity contribution >= 4 is 5.91 Å². The fraction of sp³-hybridized carbons (Fsp3) is 0.611.